The number of hydrogen-bond acceptors (Lipinski definition) is 6. The standard InChI is InChI=1S/C26H22ClN7O2/c1-16-2-3-17(24-30-23-6-4-18(27)10-34(23)31-24)8-20(16)29-25(35)21-9-28-22-7-5-19(11-33(21)22)32-12-26(13-32)14-36-15-26/h2-11H,12-15H2,1H3,(H,29,35). The zero-order valence-corrected chi connectivity index (χ0v) is 20.2. The number of anilines is 2. The summed E-state index contributed by atoms with van der Waals surface area (Å²) < 4.78 is 8.88. The fraction of sp³-hybridized carbons (Fsp3) is 0.231. The molecule has 1 amide bonds. The van der Waals surface area contributed by atoms with E-state index in [-0.39, 0.29) is 5.91 Å². The van der Waals surface area contributed by atoms with Crippen molar-refractivity contribution in [2.24, 2.45) is 5.41 Å². The van der Waals surface area contributed by atoms with Gasteiger partial charge in [-0.1, -0.05) is 23.7 Å². The second-order valence-electron chi connectivity index (χ2n) is 9.68. The summed E-state index contributed by atoms with van der Waals surface area (Å²) in [5, 5.41) is 8.16. The van der Waals surface area contributed by atoms with Crippen molar-refractivity contribution in [2.75, 3.05) is 36.5 Å². The smallest absolute Gasteiger partial charge is 0.274 e. The van der Waals surface area contributed by atoms with Gasteiger partial charge in [-0.05, 0) is 42.8 Å². The highest BCUT2D eigenvalue weighted by Gasteiger charge is 2.49. The SMILES string of the molecule is Cc1ccc(-c2nc3ccc(Cl)cn3n2)cc1NC(=O)c1cnc2ccc(N3CC4(COC4)C3)cn12. The number of carbonyl (C=O) groups is 1. The number of carbonyl (C=O) groups excluding carboxylic acids is 1. The summed E-state index contributed by atoms with van der Waals surface area (Å²) in [7, 11) is 0. The molecule has 180 valence electrons. The van der Waals surface area contributed by atoms with Crippen LogP contribution in [0.1, 0.15) is 16.1 Å². The number of hydrogen-bond donors (Lipinski definition) is 1. The van der Waals surface area contributed by atoms with Gasteiger partial charge in [0.05, 0.1) is 35.5 Å². The molecule has 1 spiro atoms. The highest BCUT2D eigenvalue weighted by Crippen LogP contribution is 2.40. The summed E-state index contributed by atoms with van der Waals surface area (Å²) in [4.78, 5) is 24.7. The van der Waals surface area contributed by atoms with Crippen molar-refractivity contribution in [2.45, 2.75) is 6.92 Å². The first-order valence-corrected chi connectivity index (χ1v) is 12.1. The summed E-state index contributed by atoms with van der Waals surface area (Å²) in [6.07, 6.45) is 5.31. The van der Waals surface area contributed by atoms with E-state index in [9.17, 15) is 4.79 Å². The van der Waals surface area contributed by atoms with Crippen LogP contribution < -0.4 is 10.2 Å². The van der Waals surface area contributed by atoms with Gasteiger partial charge in [-0.25, -0.2) is 14.5 Å². The van der Waals surface area contributed by atoms with Crippen LogP contribution in [-0.2, 0) is 4.74 Å². The van der Waals surface area contributed by atoms with Crippen molar-refractivity contribution < 1.29 is 9.53 Å². The quantitative estimate of drug-likeness (QED) is 0.400. The average Bonchev–Trinajstić information content (AvgIpc) is 3.42. The molecule has 36 heavy (non-hydrogen) atoms. The van der Waals surface area contributed by atoms with Crippen LogP contribution >= 0.6 is 11.6 Å². The minimum Gasteiger partial charge on any atom is -0.380 e. The molecule has 0 radical (unpaired) electrons. The van der Waals surface area contributed by atoms with Crippen LogP contribution in [0.15, 0.2) is 61.1 Å². The number of amides is 1. The van der Waals surface area contributed by atoms with Crippen LogP contribution in [0.25, 0.3) is 22.7 Å². The van der Waals surface area contributed by atoms with E-state index in [4.69, 9.17) is 16.3 Å². The van der Waals surface area contributed by atoms with Crippen molar-refractivity contribution >= 4 is 40.2 Å². The molecule has 1 aromatic carbocycles. The highest BCUT2D eigenvalue weighted by molar-refractivity contribution is 6.30. The number of imidazole rings is 1. The van der Waals surface area contributed by atoms with Gasteiger partial charge in [-0.15, -0.1) is 5.10 Å². The average molecular weight is 500 g/mol. The van der Waals surface area contributed by atoms with Gasteiger partial charge in [0.2, 0.25) is 0 Å². The van der Waals surface area contributed by atoms with Gasteiger partial charge in [0.1, 0.15) is 11.3 Å². The maximum absolute atomic E-state index is 13.3. The van der Waals surface area contributed by atoms with Gasteiger partial charge in [0, 0.05) is 36.7 Å². The van der Waals surface area contributed by atoms with Crippen molar-refractivity contribution in [3.63, 3.8) is 0 Å². The molecule has 2 saturated heterocycles. The Morgan fingerprint density at radius 3 is 2.72 bits per heavy atom. The molecule has 2 fully saturated rings. The number of nitrogens with one attached hydrogen (secondary N) is 1. The van der Waals surface area contributed by atoms with Gasteiger partial charge >= 0.3 is 0 Å². The molecule has 7 rings (SSSR count). The van der Waals surface area contributed by atoms with Gasteiger partial charge in [-0.2, -0.15) is 0 Å². The molecule has 6 heterocycles. The predicted molar refractivity (Wildman–Crippen MR) is 137 cm³/mol. The Morgan fingerprint density at radius 2 is 1.92 bits per heavy atom. The van der Waals surface area contributed by atoms with Crippen molar-refractivity contribution in [1.29, 1.82) is 0 Å². The maximum Gasteiger partial charge on any atom is 0.274 e. The van der Waals surface area contributed by atoms with E-state index in [1.807, 2.05) is 47.9 Å². The van der Waals surface area contributed by atoms with Crippen LogP contribution in [0.3, 0.4) is 0 Å². The minimum absolute atomic E-state index is 0.234. The lowest BCUT2D eigenvalue weighted by Gasteiger charge is -2.55. The lowest BCUT2D eigenvalue weighted by molar-refractivity contribution is -0.127. The lowest BCUT2D eigenvalue weighted by Crippen LogP contribution is -2.66. The normalized spacial score (nSPS) is 16.3. The third-order valence-electron chi connectivity index (χ3n) is 7.00. The van der Waals surface area contributed by atoms with E-state index in [1.54, 1.807) is 23.0 Å². The molecule has 2 aliphatic rings. The molecular weight excluding hydrogens is 478 g/mol. The molecule has 0 unspecified atom stereocenters. The van der Waals surface area contributed by atoms with Crippen LogP contribution in [0, 0.1) is 12.3 Å². The summed E-state index contributed by atoms with van der Waals surface area (Å²) in [6.45, 7) is 5.57. The topological polar surface area (TPSA) is 89.1 Å². The first-order valence-electron chi connectivity index (χ1n) is 11.7. The molecule has 10 heteroatoms. The van der Waals surface area contributed by atoms with Crippen LogP contribution in [0.4, 0.5) is 11.4 Å². The van der Waals surface area contributed by atoms with E-state index in [1.165, 1.54) is 0 Å². The van der Waals surface area contributed by atoms with E-state index in [2.05, 4.69) is 31.3 Å². The van der Waals surface area contributed by atoms with Gasteiger partial charge in [0.25, 0.3) is 5.91 Å². The molecule has 9 nitrogen and oxygen atoms in total. The maximum atomic E-state index is 13.3. The number of nitrogens with zero attached hydrogens (tertiary/aromatic N) is 6. The summed E-state index contributed by atoms with van der Waals surface area (Å²) in [5.41, 5.74) is 5.70. The third kappa shape index (κ3) is 3.42. The molecule has 0 aliphatic carbocycles. The molecule has 1 N–H and O–H groups in total. The van der Waals surface area contributed by atoms with Gasteiger partial charge in [-0.3, -0.25) is 9.20 Å². The van der Waals surface area contributed by atoms with E-state index < -0.39 is 0 Å². The number of benzene rings is 1. The van der Waals surface area contributed by atoms with E-state index in [0.717, 1.165) is 48.8 Å². The third-order valence-corrected chi connectivity index (χ3v) is 7.22. The fourth-order valence-corrected chi connectivity index (χ4v) is 5.06. The summed E-state index contributed by atoms with van der Waals surface area (Å²) in [6, 6.07) is 13.4. The number of aromatic nitrogens is 5. The molecule has 4 aromatic heterocycles. The van der Waals surface area contributed by atoms with Crippen LogP contribution in [0.5, 0.6) is 0 Å². The van der Waals surface area contributed by atoms with Gasteiger partial charge < -0.3 is 15.0 Å². The highest BCUT2D eigenvalue weighted by atomic mass is 35.5. The molecule has 0 atom stereocenters. The van der Waals surface area contributed by atoms with E-state index in [0.29, 0.717) is 33.3 Å². The van der Waals surface area contributed by atoms with Gasteiger partial charge in [0.15, 0.2) is 11.5 Å². The first-order chi connectivity index (χ1) is 17.5. The molecule has 2 aliphatic heterocycles. The zero-order valence-electron chi connectivity index (χ0n) is 19.5. The molecular formula is C26H22ClN7O2. The second kappa shape index (κ2) is 7.78. The fourth-order valence-electron chi connectivity index (χ4n) is 4.91. The number of ether oxygens (including phenoxy) is 1. The van der Waals surface area contributed by atoms with Crippen molar-refractivity contribution in [3.8, 4) is 11.4 Å². The molecule has 0 bridgehead atoms. The Morgan fingerprint density at radius 1 is 1.08 bits per heavy atom. The Balaban J connectivity index is 1.16. The lowest BCUT2D eigenvalue weighted by atomic mass is 9.78. The zero-order chi connectivity index (χ0) is 24.4. The number of pyridine rings is 2. The number of fused-ring (bicyclic) bond motifs is 2. The Kier molecular flexibility index (Phi) is 4.61. The van der Waals surface area contributed by atoms with Crippen molar-refractivity contribution in [3.05, 3.63) is 77.3 Å². The van der Waals surface area contributed by atoms with Crippen molar-refractivity contribution in [1.82, 2.24) is 24.0 Å². The van der Waals surface area contributed by atoms with Crippen LogP contribution in [0.2, 0.25) is 5.02 Å². The van der Waals surface area contributed by atoms with E-state index >= 15 is 0 Å². The number of aryl methyl sites for hydroxylation is 1. The molecule has 5 aromatic rings. The first kappa shape index (κ1) is 21.3. The number of rotatable bonds is 4. The minimum atomic E-state index is -0.234. The second-order valence-corrected chi connectivity index (χ2v) is 10.1. The summed E-state index contributed by atoms with van der Waals surface area (Å²) >= 11 is 6.08. The predicted octanol–water partition coefficient (Wildman–Crippen LogP) is 4.09. The number of halogens is 1. The summed E-state index contributed by atoms with van der Waals surface area (Å²) in [5.74, 6) is 0.318. The largest absolute Gasteiger partial charge is 0.380 e. The van der Waals surface area contributed by atoms with Crippen LogP contribution in [-0.4, -0.2) is 56.2 Å². The Hall–Kier alpha value is -3.95. The monoisotopic (exact) mass is 499 g/mol. The Bertz CT molecular complexity index is 1660. The molecule has 0 saturated carbocycles. The Labute approximate surface area is 211 Å².